The van der Waals surface area contributed by atoms with Gasteiger partial charge in [-0.3, -0.25) is 0 Å². The van der Waals surface area contributed by atoms with Crippen LogP contribution in [0.5, 0.6) is 0 Å². The molecule has 52 valence electrons. The molecule has 1 unspecified atom stereocenters. The van der Waals surface area contributed by atoms with Crippen molar-refractivity contribution in [3.63, 3.8) is 0 Å². The maximum Gasteiger partial charge on any atom is 0.101 e. The summed E-state index contributed by atoms with van der Waals surface area (Å²) in [6.07, 6.45) is 3.68. The molecule has 1 N–H and O–H groups in total. The van der Waals surface area contributed by atoms with Crippen molar-refractivity contribution < 1.29 is 0 Å². The average Bonchev–Trinajstić information content (AvgIpc) is 1.85. The SMILES string of the molecule is C/C=C\NC(C)CN=O. The van der Waals surface area contributed by atoms with Crippen LogP contribution < -0.4 is 5.32 Å². The van der Waals surface area contributed by atoms with E-state index in [1.807, 2.05) is 19.9 Å². The van der Waals surface area contributed by atoms with Crippen LogP contribution in [-0.2, 0) is 0 Å². The Labute approximate surface area is 55.1 Å². The highest BCUT2D eigenvalue weighted by atomic mass is 16.3. The molecule has 0 aromatic rings. The molecule has 0 rings (SSSR count). The molecule has 0 aliphatic heterocycles. The monoisotopic (exact) mass is 128 g/mol. The van der Waals surface area contributed by atoms with E-state index in [9.17, 15) is 4.91 Å². The third-order valence-electron chi connectivity index (χ3n) is 0.896. The van der Waals surface area contributed by atoms with E-state index in [1.54, 1.807) is 6.20 Å². The van der Waals surface area contributed by atoms with Crippen molar-refractivity contribution in [2.45, 2.75) is 19.9 Å². The Morgan fingerprint density at radius 3 is 2.89 bits per heavy atom. The van der Waals surface area contributed by atoms with Crippen LogP contribution in [0.1, 0.15) is 13.8 Å². The van der Waals surface area contributed by atoms with E-state index >= 15 is 0 Å². The third kappa shape index (κ3) is 5.00. The molecule has 0 aromatic heterocycles. The van der Waals surface area contributed by atoms with Gasteiger partial charge in [-0.05, 0) is 20.0 Å². The fourth-order valence-electron chi connectivity index (χ4n) is 0.425. The summed E-state index contributed by atoms with van der Waals surface area (Å²) in [6, 6.07) is 0.152. The molecule has 0 spiro atoms. The van der Waals surface area contributed by atoms with Crippen LogP contribution in [0.3, 0.4) is 0 Å². The van der Waals surface area contributed by atoms with Crippen molar-refractivity contribution in [3.8, 4) is 0 Å². The molecule has 0 heterocycles. The average molecular weight is 128 g/mol. The van der Waals surface area contributed by atoms with Crippen LogP contribution in [0.25, 0.3) is 0 Å². The zero-order valence-corrected chi connectivity index (χ0v) is 5.79. The smallest absolute Gasteiger partial charge is 0.101 e. The van der Waals surface area contributed by atoms with E-state index < -0.39 is 0 Å². The maximum atomic E-state index is 9.66. The van der Waals surface area contributed by atoms with Crippen molar-refractivity contribution in [1.82, 2.24) is 5.32 Å². The molecule has 9 heavy (non-hydrogen) atoms. The van der Waals surface area contributed by atoms with Crippen molar-refractivity contribution >= 4 is 0 Å². The fourth-order valence-corrected chi connectivity index (χ4v) is 0.425. The lowest BCUT2D eigenvalue weighted by molar-refractivity contribution is 0.648. The molecule has 3 nitrogen and oxygen atoms in total. The van der Waals surface area contributed by atoms with Gasteiger partial charge >= 0.3 is 0 Å². The van der Waals surface area contributed by atoms with Crippen molar-refractivity contribution in [3.05, 3.63) is 17.2 Å². The van der Waals surface area contributed by atoms with Crippen LogP contribution in [0.4, 0.5) is 0 Å². The van der Waals surface area contributed by atoms with Crippen LogP contribution >= 0.6 is 0 Å². The summed E-state index contributed by atoms with van der Waals surface area (Å²) < 4.78 is 0. The molecule has 0 amide bonds. The van der Waals surface area contributed by atoms with E-state index in [0.29, 0.717) is 6.54 Å². The second-order valence-electron chi connectivity index (χ2n) is 1.88. The van der Waals surface area contributed by atoms with Crippen molar-refractivity contribution in [2.75, 3.05) is 6.54 Å². The zero-order valence-electron chi connectivity index (χ0n) is 5.79. The lowest BCUT2D eigenvalue weighted by atomic mass is 10.3. The van der Waals surface area contributed by atoms with Gasteiger partial charge in [-0.25, -0.2) is 0 Å². The first-order valence-corrected chi connectivity index (χ1v) is 2.97. The number of hydrogen-bond donors (Lipinski definition) is 1. The van der Waals surface area contributed by atoms with E-state index in [1.165, 1.54) is 0 Å². The summed E-state index contributed by atoms with van der Waals surface area (Å²) in [5.41, 5.74) is 0. The van der Waals surface area contributed by atoms with Gasteiger partial charge in [0.1, 0.15) is 6.54 Å². The van der Waals surface area contributed by atoms with Gasteiger partial charge in [0.05, 0.1) is 0 Å². The molecule has 0 saturated heterocycles. The Kier molecular flexibility index (Phi) is 4.78. The fraction of sp³-hybridized carbons (Fsp3) is 0.667. The Hall–Kier alpha value is -0.860. The summed E-state index contributed by atoms with van der Waals surface area (Å²) in [4.78, 5) is 9.66. The molecule has 0 bridgehead atoms. The molecule has 0 aliphatic rings. The highest BCUT2D eigenvalue weighted by molar-refractivity contribution is 4.78. The predicted octanol–water partition coefficient (Wildman–Crippen LogP) is 1.26. The molecule has 0 saturated carbocycles. The van der Waals surface area contributed by atoms with Gasteiger partial charge in [0.15, 0.2) is 0 Å². The number of nitrogens with zero attached hydrogens (tertiary/aromatic N) is 1. The Balaban J connectivity index is 3.25. The van der Waals surface area contributed by atoms with Crippen LogP contribution in [0.2, 0.25) is 0 Å². The molecule has 0 aromatic carbocycles. The third-order valence-corrected chi connectivity index (χ3v) is 0.896. The maximum absolute atomic E-state index is 9.66. The lowest BCUT2D eigenvalue weighted by Crippen LogP contribution is -2.22. The summed E-state index contributed by atoms with van der Waals surface area (Å²) in [7, 11) is 0. The number of allylic oxidation sites excluding steroid dienone is 1. The largest absolute Gasteiger partial charge is 0.387 e. The lowest BCUT2D eigenvalue weighted by Gasteiger charge is -2.04. The Morgan fingerprint density at radius 2 is 2.44 bits per heavy atom. The molecule has 0 radical (unpaired) electrons. The van der Waals surface area contributed by atoms with Gasteiger partial charge in [-0.15, -0.1) is 0 Å². The molecule has 3 heteroatoms. The Morgan fingerprint density at radius 1 is 1.78 bits per heavy atom. The van der Waals surface area contributed by atoms with Crippen LogP contribution in [0.15, 0.2) is 17.5 Å². The van der Waals surface area contributed by atoms with Gasteiger partial charge < -0.3 is 5.32 Å². The second-order valence-corrected chi connectivity index (χ2v) is 1.88. The van der Waals surface area contributed by atoms with Gasteiger partial charge in [0, 0.05) is 6.04 Å². The van der Waals surface area contributed by atoms with Gasteiger partial charge in [0.2, 0.25) is 0 Å². The first-order chi connectivity index (χ1) is 4.31. The van der Waals surface area contributed by atoms with Crippen molar-refractivity contribution in [1.29, 1.82) is 0 Å². The number of nitrogens with one attached hydrogen (secondary N) is 1. The predicted molar refractivity (Wildman–Crippen MR) is 38.1 cm³/mol. The Bertz CT molecular complexity index is 101. The minimum Gasteiger partial charge on any atom is -0.387 e. The highest BCUT2D eigenvalue weighted by Gasteiger charge is 1.94. The van der Waals surface area contributed by atoms with E-state index in [-0.39, 0.29) is 6.04 Å². The molecular formula is C6H12N2O. The standard InChI is InChI=1S/C6H12N2O/c1-3-4-7-6(2)5-8-9/h3-4,6-7H,5H2,1-2H3/b4-3-. The van der Waals surface area contributed by atoms with Gasteiger partial charge in [-0.2, -0.15) is 4.91 Å². The summed E-state index contributed by atoms with van der Waals surface area (Å²) >= 11 is 0. The first kappa shape index (κ1) is 8.14. The van der Waals surface area contributed by atoms with Crippen molar-refractivity contribution in [2.24, 2.45) is 5.18 Å². The van der Waals surface area contributed by atoms with Crippen LogP contribution in [0, 0.1) is 4.91 Å². The second kappa shape index (κ2) is 5.28. The molecule has 0 fully saturated rings. The number of nitroso groups, excluding NO2 is 1. The van der Waals surface area contributed by atoms with E-state index in [2.05, 4.69) is 10.5 Å². The highest BCUT2D eigenvalue weighted by Crippen LogP contribution is 1.81. The quantitative estimate of drug-likeness (QED) is 0.579. The summed E-state index contributed by atoms with van der Waals surface area (Å²) in [6.45, 7) is 4.14. The summed E-state index contributed by atoms with van der Waals surface area (Å²) in [5.74, 6) is 0. The van der Waals surface area contributed by atoms with E-state index in [4.69, 9.17) is 0 Å². The topological polar surface area (TPSA) is 41.5 Å². The van der Waals surface area contributed by atoms with E-state index in [0.717, 1.165) is 0 Å². The minimum absolute atomic E-state index is 0.152. The van der Waals surface area contributed by atoms with Crippen LogP contribution in [-0.4, -0.2) is 12.6 Å². The first-order valence-electron chi connectivity index (χ1n) is 2.97. The summed E-state index contributed by atoms with van der Waals surface area (Å²) in [5, 5.41) is 5.70. The molecule has 0 aliphatic carbocycles. The zero-order chi connectivity index (χ0) is 7.11. The van der Waals surface area contributed by atoms with Gasteiger partial charge in [-0.1, -0.05) is 11.3 Å². The normalized spacial score (nSPS) is 13.6. The molecule has 1 atom stereocenters. The number of rotatable bonds is 4. The van der Waals surface area contributed by atoms with Gasteiger partial charge in [0.25, 0.3) is 0 Å². The number of hydrogen-bond acceptors (Lipinski definition) is 3. The molecular weight excluding hydrogens is 116 g/mol. The minimum atomic E-state index is 0.152.